The first kappa shape index (κ1) is 21.5. The van der Waals surface area contributed by atoms with Crippen LogP contribution in [0.3, 0.4) is 0 Å². The molecule has 3 rings (SSSR count). The van der Waals surface area contributed by atoms with Crippen molar-refractivity contribution in [3.8, 4) is 5.75 Å². The molecule has 3 aromatic rings. The second-order valence-corrected chi connectivity index (χ2v) is 7.62. The number of nitrogens with zero attached hydrogens (tertiary/aromatic N) is 1. The van der Waals surface area contributed by atoms with E-state index in [1.54, 1.807) is 16.7 Å². The zero-order valence-electron chi connectivity index (χ0n) is 17.1. The maximum atomic E-state index is 13.1. The Kier molecular flexibility index (Phi) is 6.22. The maximum Gasteiger partial charge on any atom is 0.341 e. The maximum absolute atomic E-state index is 13.1. The second kappa shape index (κ2) is 8.67. The number of carboxylic acids is 1. The molecule has 0 aliphatic heterocycles. The summed E-state index contributed by atoms with van der Waals surface area (Å²) in [6, 6.07) is 8.66. The van der Waals surface area contributed by atoms with Gasteiger partial charge in [0, 0.05) is 11.6 Å². The minimum atomic E-state index is -1.32. The summed E-state index contributed by atoms with van der Waals surface area (Å²) in [6.07, 6.45) is 1.31. The number of carboxylic acid groups (broad SMARTS) is 1. The molecule has 30 heavy (non-hydrogen) atoms. The summed E-state index contributed by atoms with van der Waals surface area (Å²) in [5, 5.41) is 19.6. The van der Waals surface area contributed by atoms with Crippen LogP contribution in [0.15, 0.2) is 47.4 Å². The summed E-state index contributed by atoms with van der Waals surface area (Å²) >= 11 is 0. The van der Waals surface area contributed by atoms with Gasteiger partial charge >= 0.3 is 5.97 Å². The number of benzene rings is 2. The highest BCUT2D eigenvalue weighted by molar-refractivity contribution is 5.93. The Hall–Kier alpha value is -3.19. The van der Waals surface area contributed by atoms with E-state index in [-0.39, 0.29) is 41.9 Å². The normalized spacial score (nSPS) is 12.3. The Morgan fingerprint density at radius 3 is 2.43 bits per heavy atom. The van der Waals surface area contributed by atoms with E-state index in [0.717, 1.165) is 5.56 Å². The minimum absolute atomic E-state index is 0.0177. The summed E-state index contributed by atoms with van der Waals surface area (Å²) in [5.74, 6) is -1.19. The molecule has 2 N–H and O–H groups in total. The highest BCUT2D eigenvalue weighted by atomic mass is 19.1. The number of pyridine rings is 1. The van der Waals surface area contributed by atoms with Crippen LogP contribution in [0.1, 0.15) is 41.4 Å². The average molecular weight is 413 g/mol. The van der Waals surface area contributed by atoms with Crippen LogP contribution < -0.4 is 10.2 Å². The van der Waals surface area contributed by atoms with Crippen LogP contribution in [-0.2, 0) is 6.61 Å². The van der Waals surface area contributed by atoms with E-state index in [1.807, 2.05) is 20.8 Å². The van der Waals surface area contributed by atoms with E-state index in [9.17, 15) is 24.2 Å². The molecule has 0 spiro atoms. The van der Waals surface area contributed by atoms with Gasteiger partial charge in [0.2, 0.25) is 5.43 Å². The van der Waals surface area contributed by atoms with Crippen LogP contribution in [0.4, 0.5) is 4.39 Å². The molecule has 0 aliphatic rings. The number of carbonyl (C=O) groups is 1. The molecule has 158 valence electrons. The van der Waals surface area contributed by atoms with Crippen LogP contribution in [-0.4, -0.2) is 27.4 Å². The monoisotopic (exact) mass is 413 g/mol. The molecule has 0 saturated heterocycles. The number of aryl methyl sites for hydroxylation is 1. The van der Waals surface area contributed by atoms with Crippen LogP contribution in [0.25, 0.3) is 10.9 Å². The summed E-state index contributed by atoms with van der Waals surface area (Å²) in [6.45, 7) is 5.65. The molecular formula is C23H24FNO5. The van der Waals surface area contributed by atoms with Gasteiger partial charge in [-0.3, -0.25) is 4.79 Å². The van der Waals surface area contributed by atoms with Gasteiger partial charge in [0.1, 0.15) is 23.7 Å². The number of aromatic carboxylic acids is 1. The SMILES string of the molecule is Cc1cc2c(cc1COc1ccc(F)cc1)c(=O)c(C(=O)O)cn2[C@H](CO)C(C)C. The Balaban J connectivity index is 2.13. The Labute approximate surface area is 173 Å². The van der Waals surface area contributed by atoms with Gasteiger partial charge in [-0.1, -0.05) is 13.8 Å². The van der Waals surface area contributed by atoms with Crippen molar-refractivity contribution in [1.29, 1.82) is 0 Å². The molecule has 0 fully saturated rings. The molecule has 7 heteroatoms. The fourth-order valence-corrected chi connectivity index (χ4v) is 3.44. The quantitative estimate of drug-likeness (QED) is 0.613. The van der Waals surface area contributed by atoms with E-state index in [0.29, 0.717) is 16.8 Å². The highest BCUT2D eigenvalue weighted by Crippen LogP contribution is 2.26. The zero-order chi connectivity index (χ0) is 22.0. The fraction of sp³-hybridized carbons (Fsp3) is 0.304. The molecule has 1 heterocycles. The van der Waals surface area contributed by atoms with Gasteiger partial charge in [-0.2, -0.15) is 0 Å². The lowest BCUT2D eigenvalue weighted by molar-refractivity contribution is 0.0694. The molecule has 0 unspecified atom stereocenters. The van der Waals surface area contributed by atoms with Crippen LogP contribution >= 0.6 is 0 Å². The summed E-state index contributed by atoms with van der Waals surface area (Å²) in [5.41, 5.74) is 1.18. The number of hydrogen-bond acceptors (Lipinski definition) is 4. The average Bonchev–Trinajstić information content (AvgIpc) is 2.69. The van der Waals surface area contributed by atoms with Crippen molar-refractivity contribution in [3.05, 3.63) is 75.3 Å². The van der Waals surface area contributed by atoms with Gasteiger partial charge < -0.3 is 19.5 Å². The van der Waals surface area contributed by atoms with Crippen molar-refractivity contribution in [2.45, 2.75) is 33.4 Å². The molecule has 1 aromatic heterocycles. The third-order valence-electron chi connectivity index (χ3n) is 5.24. The Morgan fingerprint density at radius 2 is 1.87 bits per heavy atom. The number of halogens is 1. The summed E-state index contributed by atoms with van der Waals surface area (Å²) in [4.78, 5) is 24.5. The fourth-order valence-electron chi connectivity index (χ4n) is 3.44. The van der Waals surface area contributed by atoms with Gasteiger partial charge in [-0.15, -0.1) is 0 Å². The third kappa shape index (κ3) is 4.21. The molecular weight excluding hydrogens is 389 g/mol. The van der Waals surface area contributed by atoms with Crippen molar-refractivity contribution < 1.29 is 24.1 Å². The van der Waals surface area contributed by atoms with E-state index >= 15 is 0 Å². The predicted octanol–water partition coefficient (Wildman–Crippen LogP) is 3.92. The second-order valence-electron chi connectivity index (χ2n) is 7.62. The highest BCUT2D eigenvalue weighted by Gasteiger charge is 2.22. The molecule has 0 aliphatic carbocycles. The topological polar surface area (TPSA) is 88.8 Å². The van der Waals surface area contributed by atoms with Gasteiger partial charge in [-0.25, -0.2) is 9.18 Å². The number of rotatable bonds is 7. The lowest BCUT2D eigenvalue weighted by Gasteiger charge is -2.25. The van der Waals surface area contributed by atoms with Crippen molar-refractivity contribution in [2.75, 3.05) is 6.61 Å². The first-order valence-electron chi connectivity index (χ1n) is 9.63. The summed E-state index contributed by atoms with van der Waals surface area (Å²) in [7, 11) is 0. The van der Waals surface area contributed by atoms with Crippen molar-refractivity contribution in [2.24, 2.45) is 5.92 Å². The predicted molar refractivity (Wildman–Crippen MR) is 112 cm³/mol. The zero-order valence-corrected chi connectivity index (χ0v) is 17.1. The lowest BCUT2D eigenvalue weighted by Crippen LogP contribution is -2.25. The Bertz CT molecular complexity index is 1140. The lowest BCUT2D eigenvalue weighted by atomic mass is 10.00. The van der Waals surface area contributed by atoms with E-state index in [4.69, 9.17) is 4.74 Å². The van der Waals surface area contributed by atoms with E-state index < -0.39 is 11.4 Å². The first-order valence-corrected chi connectivity index (χ1v) is 9.63. The first-order chi connectivity index (χ1) is 14.2. The van der Waals surface area contributed by atoms with Crippen LogP contribution in [0.2, 0.25) is 0 Å². The largest absolute Gasteiger partial charge is 0.489 e. The van der Waals surface area contributed by atoms with Crippen molar-refractivity contribution in [3.63, 3.8) is 0 Å². The smallest absolute Gasteiger partial charge is 0.341 e. The molecule has 0 radical (unpaired) electrons. The number of aromatic nitrogens is 1. The molecule has 0 amide bonds. The number of fused-ring (bicyclic) bond motifs is 1. The number of aliphatic hydroxyl groups excluding tert-OH is 1. The van der Waals surface area contributed by atoms with Gasteiger partial charge in [0.25, 0.3) is 0 Å². The van der Waals surface area contributed by atoms with Crippen LogP contribution in [0.5, 0.6) is 5.75 Å². The van der Waals surface area contributed by atoms with E-state index in [2.05, 4.69) is 0 Å². The van der Waals surface area contributed by atoms with Gasteiger partial charge in [-0.05, 0) is 60.4 Å². The van der Waals surface area contributed by atoms with Crippen molar-refractivity contribution in [1.82, 2.24) is 4.57 Å². The van der Waals surface area contributed by atoms with Gasteiger partial charge in [0.15, 0.2) is 0 Å². The number of aliphatic hydroxyl groups is 1. The number of hydrogen-bond donors (Lipinski definition) is 2. The molecule has 0 saturated carbocycles. The van der Waals surface area contributed by atoms with Gasteiger partial charge in [0.05, 0.1) is 18.2 Å². The molecule has 2 aromatic carbocycles. The molecule has 6 nitrogen and oxygen atoms in total. The van der Waals surface area contributed by atoms with Crippen LogP contribution in [0, 0.1) is 18.7 Å². The van der Waals surface area contributed by atoms with Crippen molar-refractivity contribution >= 4 is 16.9 Å². The van der Waals surface area contributed by atoms with E-state index in [1.165, 1.54) is 30.5 Å². The number of ether oxygens (including phenoxy) is 1. The minimum Gasteiger partial charge on any atom is -0.489 e. The summed E-state index contributed by atoms with van der Waals surface area (Å²) < 4.78 is 20.4. The third-order valence-corrected chi connectivity index (χ3v) is 5.24. The molecule has 0 bridgehead atoms. The molecule has 1 atom stereocenters. The Morgan fingerprint density at radius 1 is 1.20 bits per heavy atom. The standard InChI is InChI=1S/C23H24FNO5/c1-13(2)21(11-26)25-10-19(23(28)29)22(27)18-9-15(14(3)8-20(18)25)12-30-17-6-4-16(24)5-7-17/h4-10,13,21,26H,11-12H2,1-3H3,(H,28,29)/t21-/m1/s1.